The van der Waals surface area contributed by atoms with Crippen LogP contribution in [0.1, 0.15) is 84.1 Å². The SMILES string of the molecule is COCC(c1cnn2cc(C(N[S+]([O-])C(C)(C)C)C(CC3(C(F)(F)F)CC3)C(=O)ON3C(=O)c4ccccc4C3=O)nc2c1)N1CC(F)(F)CNC1=O. The molecule has 2 N–H and O–H groups in total. The number of methoxy groups -OCH3 is 1. The first-order chi connectivity index (χ1) is 24.7. The summed E-state index contributed by atoms with van der Waals surface area (Å²) in [5, 5.41) is 6.62. The highest BCUT2D eigenvalue weighted by Crippen LogP contribution is 2.62. The Morgan fingerprint density at radius 3 is 2.32 bits per heavy atom. The van der Waals surface area contributed by atoms with E-state index < -0.39 is 94.9 Å². The lowest BCUT2D eigenvalue weighted by Gasteiger charge is -2.38. The van der Waals surface area contributed by atoms with E-state index in [0.717, 1.165) is 4.90 Å². The quantitative estimate of drug-likeness (QED) is 0.154. The van der Waals surface area contributed by atoms with E-state index in [1.165, 1.54) is 54.4 Å². The van der Waals surface area contributed by atoms with E-state index in [1.807, 2.05) is 0 Å². The summed E-state index contributed by atoms with van der Waals surface area (Å²) >= 11 is -2.03. The molecule has 1 aliphatic carbocycles. The second kappa shape index (κ2) is 13.8. The van der Waals surface area contributed by atoms with Crippen molar-refractivity contribution in [2.75, 3.05) is 26.8 Å². The second-order valence-corrected chi connectivity index (χ2v) is 16.3. The number of urea groups is 1. The van der Waals surface area contributed by atoms with Crippen molar-refractivity contribution < 1.29 is 55.3 Å². The molecule has 4 unspecified atom stereocenters. The van der Waals surface area contributed by atoms with E-state index in [9.17, 15) is 45.7 Å². The fraction of sp³-hybridized carbons (Fsp3) is 0.515. The van der Waals surface area contributed by atoms with Crippen LogP contribution in [-0.2, 0) is 25.7 Å². The van der Waals surface area contributed by atoms with Gasteiger partial charge in [-0.15, -0.1) is 4.72 Å². The first kappa shape index (κ1) is 38.3. The average Bonchev–Trinajstić information content (AvgIpc) is 3.72. The summed E-state index contributed by atoms with van der Waals surface area (Å²) in [7, 11) is 1.31. The number of alkyl halides is 5. The van der Waals surface area contributed by atoms with Gasteiger partial charge in [-0.3, -0.25) is 9.59 Å². The molecule has 0 bridgehead atoms. The number of hydrogen-bond donors (Lipinski definition) is 2. The van der Waals surface area contributed by atoms with Gasteiger partial charge in [-0.05, 0) is 58.2 Å². The molecule has 3 aromatic rings. The number of nitrogens with zero attached hydrogens (tertiary/aromatic N) is 5. The molecule has 14 nitrogen and oxygen atoms in total. The molecule has 1 saturated carbocycles. The third-order valence-corrected chi connectivity index (χ3v) is 11.0. The zero-order valence-corrected chi connectivity index (χ0v) is 29.7. The predicted molar refractivity (Wildman–Crippen MR) is 175 cm³/mol. The summed E-state index contributed by atoms with van der Waals surface area (Å²) in [6.45, 7) is 2.79. The molecule has 4 amide bonds. The van der Waals surface area contributed by atoms with Gasteiger partial charge >= 0.3 is 18.2 Å². The van der Waals surface area contributed by atoms with Crippen LogP contribution in [0.5, 0.6) is 0 Å². The summed E-state index contributed by atoms with van der Waals surface area (Å²) in [5.74, 6) is -8.44. The number of hydroxylamine groups is 2. The third kappa shape index (κ3) is 7.54. The lowest BCUT2D eigenvalue weighted by Crippen LogP contribution is -2.58. The molecule has 286 valence electrons. The monoisotopic (exact) mass is 769 g/mol. The number of carbonyl (C=O) groups is 4. The van der Waals surface area contributed by atoms with Crippen LogP contribution in [0.3, 0.4) is 0 Å². The van der Waals surface area contributed by atoms with Crippen LogP contribution in [-0.4, -0.2) is 96.6 Å². The van der Waals surface area contributed by atoms with Crippen LogP contribution in [0.15, 0.2) is 42.7 Å². The molecule has 1 aromatic carbocycles. The van der Waals surface area contributed by atoms with Crippen molar-refractivity contribution in [3.63, 3.8) is 0 Å². The number of imidazole rings is 1. The summed E-state index contributed by atoms with van der Waals surface area (Å²) in [4.78, 5) is 63.6. The summed E-state index contributed by atoms with van der Waals surface area (Å²) < 4.78 is 93.8. The number of carbonyl (C=O) groups excluding carboxylic acids is 4. The molecule has 2 aliphatic heterocycles. The second-order valence-electron chi connectivity index (χ2n) is 14.3. The Labute approximate surface area is 302 Å². The molecule has 0 spiro atoms. The Bertz CT molecular complexity index is 1900. The van der Waals surface area contributed by atoms with E-state index in [2.05, 4.69) is 20.1 Å². The zero-order valence-electron chi connectivity index (χ0n) is 28.9. The summed E-state index contributed by atoms with van der Waals surface area (Å²) in [6.07, 6.45) is -3.71. The van der Waals surface area contributed by atoms with E-state index in [0.29, 0.717) is 0 Å². The number of aromatic nitrogens is 3. The molecular weight excluding hydrogens is 733 g/mol. The minimum Gasteiger partial charge on any atom is -0.598 e. The molecular formula is C33H36F5N7O7S. The number of nitrogens with one attached hydrogen (secondary N) is 2. The van der Waals surface area contributed by atoms with Gasteiger partial charge < -0.3 is 24.3 Å². The van der Waals surface area contributed by atoms with Gasteiger partial charge in [0.05, 0.1) is 66.3 Å². The van der Waals surface area contributed by atoms with Crippen molar-refractivity contribution in [3.8, 4) is 0 Å². The van der Waals surface area contributed by atoms with Gasteiger partial charge in [-0.1, -0.05) is 17.2 Å². The molecule has 20 heteroatoms. The van der Waals surface area contributed by atoms with Gasteiger partial charge in [-0.2, -0.15) is 18.3 Å². The van der Waals surface area contributed by atoms with Gasteiger partial charge in [-0.25, -0.2) is 27.9 Å². The smallest absolute Gasteiger partial charge is 0.394 e. The number of hydrogen-bond acceptors (Lipinski definition) is 10. The number of amides is 4. The van der Waals surface area contributed by atoms with E-state index in [-0.39, 0.29) is 52.5 Å². The Morgan fingerprint density at radius 1 is 1.11 bits per heavy atom. The highest BCUT2D eigenvalue weighted by atomic mass is 32.2. The average molecular weight is 770 g/mol. The van der Waals surface area contributed by atoms with Gasteiger partial charge in [0, 0.05) is 24.0 Å². The molecule has 53 heavy (non-hydrogen) atoms. The number of halogens is 5. The normalized spacial score (nSPS) is 20.5. The van der Waals surface area contributed by atoms with Gasteiger partial charge in [0.15, 0.2) is 5.65 Å². The van der Waals surface area contributed by atoms with Crippen LogP contribution in [0.25, 0.3) is 5.65 Å². The van der Waals surface area contributed by atoms with Crippen molar-refractivity contribution in [2.24, 2.45) is 11.3 Å². The van der Waals surface area contributed by atoms with Crippen LogP contribution in [0.4, 0.5) is 26.7 Å². The lowest BCUT2D eigenvalue weighted by molar-refractivity contribution is -0.199. The number of ether oxygens (including phenoxy) is 1. The standard InChI is InChI=1S/C33H36F5N7O7S/c1-30(2,3)53(50)42-25(22-14-44-24(41-22)11-18(13-40-44)23(15-51-4)43-17-32(34,35)16-39-29(43)49)21(12-31(9-10-31)33(36,37)38)28(48)52-45-26(46)19-7-5-6-8-20(19)27(45)47/h5-8,11,13-14,21,23,25,42H,9-10,12,15-17H2,1-4H3,(H,39,49). The predicted octanol–water partition coefficient (Wildman–Crippen LogP) is 4.27. The molecule has 0 radical (unpaired) electrons. The number of imide groups is 1. The van der Waals surface area contributed by atoms with Gasteiger partial charge in [0.2, 0.25) is 0 Å². The fourth-order valence-electron chi connectivity index (χ4n) is 6.26. The van der Waals surface area contributed by atoms with Crippen LogP contribution in [0, 0.1) is 11.3 Å². The largest absolute Gasteiger partial charge is 0.598 e. The zero-order chi connectivity index (χ0) is 38.7. The highest BCUT2D eigenvalue weighted by Gasteiger charge is 2.65. The van der Waals surface area contributed by atoms with Crippen LogP contribution < -0.4 is 10.0 Å². The molecule has 4 atom stereocenters. The molecule has 1 saturated heterocycles. The van der Waals surface area contributed by atoms with Crippen molar-refractivity contribution in [3.05, 3.63) is 65.1 Å². The molecule has 4 heterocycles. The van der Waals surface area contributed by atoms with Crippen LogP contribution in [0.2, 0.25) is 0 Å². The summed E-state index contributed by atoms with van der Waals surface area (Å²) in [6, 6.07) is 3.64. The minimum absolute atomic E-state index is 0.0283. The van der Waals surface area contributed by atoms with Crippen molar-refractivity contribution in [1.29, 1.82) is 0 Å². The topological polar surface area (TPSA) is 171 Å². The van der Waals surface area contributed by atoms with Crippen molar-refractivity contribution in [1.82, 2.24) is 34.6 Å². The maximum Gasteiger partial charge on any atom is 0.394 e. The number of benzene rings is 1. The molecule has 2 aromatic heterocycles. The Kier molecular flexibility index (Phi) is 9.97. The van der Waals surface area contributed by atoms with E-state index >= 15 is 0 Å². The maximum absolute atomic E-state index is 14.5. The molecule has 3 aliphatic rings. The maximum atomic E-state index is 14.5. The Balaban J connectivity index is 1.40. The molecule has 6 rings (SSSR count). The van der Waals surface area contributed by atoms with Crippen molar-refractivity contribution in [2.45, 2.75) is 69.0 Å². The first-order valence-electron chi connectivity index (χ1n) is 16.5. The fourth-order valence-corrected chi connectivity index (χ4v) is 7.13. The minimum atomic E-state index is -4.75. The van der Waals surface area contributed by atoms with Gasteiger partial charge in [0.25, 0.3) is 17.7 Å². The highest BCUT2D eigenvalue weighted by molar-refractivity contribution is 7.90. The van der Waals surface area contributed by atoms with Crippen molar-refractivity contribution >= 4 is 40.8 Å². The number of rotatable bonds is 12. The Morgan fingerprint density at radius 2 is 1.75 bits per heavy atom. The number of fused-ring (bicyclic) bond motifs is 2. The third-order valence-electron chi connectivity index (χ3n) is 9.42. The van der Waals surface area contributed by atoms with E-state index in [1.54, 1.807) is 20.8 Å². The van der Waals surface area contributed by atoms with E-state index in [4.69, 9.17) is 9.57 Å². The summed E-state index contributed by atoms with van der Waals surface area (Å²) in [5.41, 5.74) is -2.32. The Hall–Kier alpha value is -4.40. The lowest BCUT2D eigenvalue weighted by atomic mass is 9.85. The van der Waals surface area contributed by atoms with Crippen LogP contribution >= 0.6 is 0 Å². The molecule has 2 fully saturated rings. The first-order valence-corrected chi connectivity index (χ1v) is 17.6. The van der Waals surface area contributed by atoms with Gasteiger partial charge in [0.1, 0.15) is 10.8 Å².